The summed E-state index contributed by atoms with van der Waals surface area (Å²) in [5.41, 5.74) is 3.45. The van der Waals surface area contributed by atoms with E-state index in [0.717, 1.165) is 35.4 Å². The lowest BCUT2D eigenvalue weighted by Gasteiger charge is -2.30. The van der Waals surface area contributed by atoms with Crippen molar-refractivity contribution in [3.05, 3.63) is 65.7 Å². The Bertz CT molecular complexity index is 1270. The summed E-state index contributed by atoms with van der Waals surface area (Å²) in [4.78, 5) is 27.7. The van der Waals surface area contributed by atoms with Gasteiger partial charge >= 0.3 is 0 Å². The lowest BCUT2D eigenvalue weighted by atomic mass is 9.95. The van der Waals surface area contributed by atoms with Crippen molar-refractivity contribution >= 4 is 31.6 Å². The average molecular weight is 580 g/mol. The van der Waals surface area contributed by atoms with Crippen molar-refractivity contribution in [2.45, 2.75) is 88.8 Å². The third-order valence-corrected chi connectivity index (χ3v) is 11.5. The predicted octanol–water partition coefficient (Wildman–Crippen LogP) is 5.47. The molecule has 3 heterocycles. The van der Waals surface area contributed by atoms with Crippen LogP contribution in [0.1, 0.15) is 56.6 Å². The topological polar surface area (TPSA) is 82.4 Å². The summed E-state index contributed by atoms with van der Waals surface area (Å²) in [6, 6.07) is 17.7. The van der Waals surface area contributed by atoms with Crippen LogP contribution in [0.3, 0.4) is 0 Å². The Morgan fingerprint density at radius 2 is 1.90 bits per heavy atom. The number of benzene rings is 2. The SMILES string of the molecule is C[C@H]1[C@H]([Si](C)(C)F)[C@@H](CC(=O)N2CCC[C@H]2CO)O[C@H]1CCc1cccc(N2N=C(c3ccccc3)CCC2=O)c1. The van der Waals surface area contributed by atoms with Gasteiger partial charge in [-0.15, -0.1) is 0 Å². The number of halogens is 1. The second-order valence-electron chi connectivity index (χ2n) is 12.3. The summed E-state index contributed by atoms with van der Waals surface area (Å²) in [6.07, 6.45) is 3.69. The molecule has 0 spiro atoms. The van der Waals surface area contributed by atoms with E-state index in [-0.39, 0.29) is 48.4 Å². The monoisotopic (exact) mass is 579 g/mol. The van der Waals surface area contributed by atoms with Crippen LogP contribution in [0.25, 0.3) is 0 Å². The first-order valence-electron chi connectivity index (χ1n) is 14.9. The highest BCUT2D eigenvalue weighted by Crippen LogP contribution is 2.47. The molecule has 0 unspecified atom stereocenters. The lowest BCUT2D eigenvalue weighted by Crippen LogP contribution is -2.42. The van der Waals surface area contributed by atoms with Crippen molar-refractivity contribution in [2.75, 3.05) is 18.2 Å². The molecule has 7 nitrogen and oxygen atoms in total. The number of hydrazone groups is 1. The Kier molecular flexibility index (Phi) is 9.06. The van der Waals surface area contributed by atoms with Gasteiger partial charge in [-0.1, -0.05) is 49.4 Å². The molecule has 1 N–H and O–H groups in total. The van der Waals surface area contributed by atoms with E-state index < -0.39 is 14.5 Å². The van der Waals surface area contributed by atoms with Gasteiger partial charge in [0.15, 0.2) is 0 Å². The van der Waals surface area contributed by atoms with Crippen LogP contribution in [0, 0.1) is 5.92 Å². The first-order chi connectivity index (χ1) is 19.7. The van der Waals surface area contributed by atoms with E-state index >= 15 is 4.11 Å². The molecule has 2 amide bonds. The first kappa shape index (κ1) is 29.6. The minimum absolute atomic E-state index is 0.00318. The third kappa shape index (κ3) is 6.63. The zero-order chi connectivity index (χ0) is 29.1. The first-order valence-corrected chi connectivity index (χ1v) is 17.9. The lowest BCUT2D eigenvalue weighted by molar-refractivity contribution is -0.135. The van der Waals surface area contributed by atoms with Gasteiger partial charge in [0.2, 0.25) is 20.2 Å². The summed E-state index contributed by atoms with van der Waals surface area (Å²) in [5, 5.41) is 15.9. The zero-order valence-corrected chi connectivity index (χ0v) is 25.3. The van der Waals surface area contributed by atoms with Gasteiger partial charge < -0.3 is 18.9 Å². The molecule has 2 aromatic rings. The van der Waals surface area contributed by atoms with Gasteiger partial charge in [0.05, 0.1) is 42.7 Å². The molecule has 2 fully saturated rings. The van der Waals surface area contributed by atoms with Crippen molar-refractivity contribution in [1.29, 1.82) is 0 Å². The summed E-state index contributed by atoms with van der Waals surface area (Å²) in [6.45, 7) is 6.09. The summed E-state index contributed by atoms with van der Waals surface area (Å²) in [7, 11) is -3.11. The number of rotatable bonds is 9. The quantitative estimate of drug-likeness (QED) is 0.316. The molecule has 41 heavy (non-hydrogen) atoms. The van der Waals surface area contributed by atoms with Crippen molar-refractivity contribution in [1.82, 2.24) is 4.90 Å². The number of aliphatic hydroxyl groups excluding tert-OH is 1. The number of carbonyl (C=O) groups is 2. The van der Waals surface area contributed by atoms with Crippen molar-refractivity contribution < 1.29 is 23.5 Å². The second-order valence-corrected chi connectivity index (χ2v) is 16.1. The fourth-order valence-corrected chi connectivity index (χ4v) is 9.51. The second kappa shape index (κ2) is 12.5. The maximum absolute atomic E-state index is 15.6. The Labute approximate surface area is 243 Å². The van der Waals surface area contributed by atoms with Crippen LogP contribution in [0.2, 0.25) is 18.6 Å². The number of likely N-dealkylation sites (tertiary alicyclic amines) is 1. The molecule has 0 aromatic heterocycles. The van der Waals surface area contributed by atoms with Crippen molar-refractivity contribution in [3.8, 4) is 0 Å². The van der Waals surface area contributed by atoms with E-state index in [0.29, 0.717) is 32.2 Å². The number of aliphatic hydroxyl groups is 1. The normalized spacial score (nSPS) is 26.9. The number of ether oxygens (including phenoxy) is 1. The number of amides is 2. The van der Waals surface area contributed by atoms with E-state index in [9.17, 15) is 14.7 Å². The fourth-order valence-electron chi connectivity index (χ4n) is 6.96. The number of hydrogen-bond donors (Lipinski definition) is 1. The van der Waals surface area contributed by atoms with E-state index in [1.165, 1.54) is 5.01 Å². The van der Waals surface area contributed by atoms with Gasteiger partial charge in [0, 0.05) is 24.9 Å². The van der Waals surface area contributed by atoms with Crippen molar-refractivity contribution in [3.63, 3.8) is 0 Å². The van der Waals surface area contributed by atoms with Gasteiger partial charge in [0.25, 0.3) is 0 Å². The van der Waals surface area contributed by atoms with E-state index in [4.69, 9.17) is 9.84 Å². The number of anilines is 1. The Hall–Kier alpha value is -2.88. The van der Waals surface area contributed by atoms with Crippen LogP contribution in [0.5, 0.6) is 0 Å². The van der Waals surface area contributed by atoms with Crippen LogP contribution >= 0.6 is 0 Å². The molecule has 0 aliphatic carbocycles. The maximum atomic E-state index is 15.6. The van der Waals surface area contributed by atoms with Crippen LogP contribution in [0.4, 0.5) is 9.80 Å². The Balaban J connectivity index is 1.27. The number of carbonyl (C=O) groups excluding carboxylic acids is 2. The molecular weight excluding hydrogens is 537 g/mol. The highest BCUT2D eigenvalue weighted by molar-refractivity contribution is 6.72. The van der Waals surface area contributed by atoms with Gasteiger partial charge in [-0.3, -0.25) is 9.59 Å². The molecule has 220 valence electrons. The summed E-state index contributed by atoms with van der Waals surface area (Å²) < 4.78 is 22.1. The predicted molar refractivity (Wildman–Crippen MR) is 161 cm³/mol. The molecule has 5 atom stereocenters. The standard InChI is InChI=1S/C32H42FN3O4Si/c1-22-28(40-29(32(22)41(2,3)33)20-31(39)35-18-8-13-26(35)21-37)16-14-23-9-7-12-25(19-23)36-30(38)17-15-27(34-36)24-10-5-4-6-11-24/h4-7,9-12,19,22,26,28-29,32,37H,8,13-18,20-21H2,1-3H3/t22-,26+,28+,29-,32+/m1/s1. The third-order valence-electron chi connectivity index (χ3n) is 8.99. The Morgan fingerprint density at radius 1 is 1.12 bits per heavy atom. The van der Waals surface area contributed by atoms with Crippen LogP contribution in [-0.4, -0.2) is 67.3 Å². The van der Waals surface area contributed by atoms with E-state index in [1.807, 2.05) is 54.6 Å². The van der Waals surface area contributed by atoms with Crippen LogP contribution < -0.4 is 5.01 Å². The molecule has 0 radical (unpaired) electrons. The van der Waals surface area contributed by atoms with Gasteiger partial charge in [0.1, 0.15) is 0 Å². The molecule has 9 heteroatoms. The Morgan fingerprint density at radius 3 is 2.63 bits per heavy atom. The van der Waals surface area contributed by atoms with Gasteiger partial charge in [-0.25, -0.2) is 5.01 Å². The smallest absolute Gasteiger partial charge is 0.247 e. The summed E-state index contributed by atoms with van der Waals surface area (Å²) >= 11 is 0. The number of hydrogen-bond acceptors (Lipinski definition) is 5. The molecule has 3 aliphatic rings. The van der Waals surface area contributed by atoms with Gasteiger partial charge in [-0.2, -0.15) is 5.10 Å². The van der Waals surface area contributed by atoms with E-state index in [1.54, 1.807) is 18.0 Å². The highest BCUT2D eigenvalue weighted by Gasteiger charge is 2.52. The number of nitrogens with zero attached hydrogens (tertiary/aromatic N) is 3. The van der Waals surface area contributed by atoms with Crippen LogP contribution in [-0.2, 0) is 20.7 Å². The molecular formula is C32H42FN3O4Si. The van der Waals surface area contributed by atoms with Crippen LogP contribution in [0.15, 0.2) is 59.7 Å². The summed E-state index contributed by atoms with van der Waals surface area (Å²) in [5.74, 6) is -0.0740. The molecule has 3 aliphatic heterocycles. The molecule has 2 aromatic carbocycles. The molecule has 0 saturated carbocycles. The van der Waals surface area contributed by atoms with Crippen molar-refractivity contribution in [2.24, 2.45) is 11.0 Å². The molecule has 5 rings (SSSR count). The molecule has 0 bridgehead atoms. The maximum Gasteiger partial charge on any atom is 0.247 e. The average Bonchev–Trinajstić information content (AvgIpc) is 3.56. The highest BCUT2D eigenvalue weighted by atomic mass is 28.4. The largest absolute Gasteiger partial charge is 0.394 e. The minimum atomic E-state index is -3.11. The zero-order valence-electron chi connectivity index (χ0n) is 24.3. The fraction of sp³-hybridized carbons (Fsp3) is 0.531. The minimum Gasteiger partial charge on any atom is -0.394 e. The van der Waals surface area contributed by atoms with Gasteiger partial charge in [-0.05, 0) is 68.0 Å². The number of aryl methyl sites for hydroxylation is 1. The molecule has 2 saturated heterocycles. The van der Waals surface area contributed by atoms with E-state index in [2.05, 4.69) is 6.92 Å².